The highest BCUT2D eigenvalue weighted by molar-refractivity contribution is 7.98. The normalized spacial score (nSPS) is 19.4. The minimum absolute atomic E-state index is 0.0216. The average Bonchev–Trinajstić information content (AvgIpc) is 3.66. The number of fused-ring (bicyclic) bond motifs is 2. The van der Waals surface area contributed by atoms with Crippen LogP contribution in [-0.2, 0) is 16.1 Å². The Morgan fingerprint density at radius 1 is 1.05 bits per heavy atom. The molecule has 1 aromatic heterocycles. The van der Waals surface area contributed by atoms with Gasteiger partial charge in [-0.3, -0.25) is 14.4 Å². The standard InChI is InChI=1S/C31H38N6O5S/c1-20(2)27-29-34-28(21-8-5-4-6-9-21)35-37(29)16-15-36(31(40)22-11-12-24-25(18-22)42-19-41-24)14-7-10-26(38)32-23(13-17-43-3)30(39)33-27/h4-6,8-9,11-12,18,20,23,27H,7,10,13-17,19H2,1-3H3,(H,32,38)(H,33,39)/t23-,27+/m0/s1. The first-order valence-electron chi connectivity index (χ1n) is 14.6. The molecule has 228 valence electrons. The molecule has 12 heteroatoms. The van der Waals surface area contributed by atoms with E-state index in [2.05, 4.69) is 10.6 Å². The van der Waals surface area contributed by atoms with Crippen LogP contribution in [0, 0.1) is 5.92 Å². The van der Waals surface area contributed by atoms with E-state index in [0.29, 0.717) is 61.2 Å². The van der Waals surface area contributed by atoms with Crippen molar-refractivity contribution >= 4 is 29.5 Å². The maximum atomic E-state index is 13.8. The van der Waals surface area contributed by atoms with Gasteiger partial charge in [0.15, 0.2) is 23.1 Å². The number of nitrogens with one attached hydrogen (secondary N) is 2. The highest BCUT2D eigenvalue weighted by atomic mass is 32.2. The quantitative estimate of drug-likeness (QED) is 0.435. The second-order valence-corrected chi connectivity index (χ2v) is 12.0. The van der Waals surface area contributed by atoms with Gasteiger partial charge in [0.2, 0.25) is 18.6 Å². The highest BCUT2D eigenvalue weighted by Gasteiger charge is 2.30. The first kappa shape index (κ1) is 30.4. The summed E-state index contributed by atoms with van der Waals surface area (Å²) in [4.78, 5) is 46.9. The van der Waals surface area contributed by atoms with E-state index >= 15 is 0 Å². The number of hydrogen-bond donors (Lipinski definition) is 2. The summed E-state index contributed by atoms with van der Waals surface area (Å²) in [5, 5.41) is 10.9. The summed E-state index contributed by atoms with van der Waals surface area (Å²) in [6.45, 7) is 5.18. The molecule has 0 spiro atoms. The molecule has 2 aromatic carbocycles. The molecule has 2 aliphatic heterocycles. The van der Waals surface area contributed by atoms with Crippen molar-refractivity contribution in [3.8, 4) is 22.9 Å². The predicted molar refractivity (Wildman–Crippen MR) is 164 cm³/mol. The summed E-state index contributed by atoms with van der Waals surface area (Å²) < 4.78 is 12.7. The lowest BCUT2D eigenvalue weighted by Crippen LogP contribution is -2.49. The fraction of sp³-hybridized carbons (Fsp3) is 0.452. The Morgan fingerprint density at radius 2 is 1.84 bits per heavy atom. The maximum absolute atomic E-state index is 13.8. The summed E-state index contributed by atoms with van der Waals surface area (Å²) in [5.41, 5.74) is 1.33. The van der Waals surface area contributed by atoms with Crippen molar-refractivity contribution in [1.82, 2.24) is 30.3 Å². The van der Waals surface area contributed by atoms with Crippen LogP contribution in [0.25, 0.3) is 11.4 Å². The van der Waals surface area contributed by atoms with E-state index in [1.54, 1.807) is 39.5 Å². The topological polar surface area (TPSA) is 128 Å². The molecule has 2 N–H and O–H groups in total. The van der Waals surface area contributed by atoms with Gasteiger partial charge in [-0.25, -0.2) is 9.67 Å². The van der Waals surface area contributed by atoms with Crippen LogP contribution in [0.1, 0.15) is 55.3 Å². The predicted octanol–water partition coefficient (Wildman–Crippen LogP) is 3.66. The number of ether oxygens (including phenoxy) is 2. The Bertz CT molecular complexity index is 1450. The first-order chi connectivity index (χ1) is 20.8. The van der Waals surface area contributed by atoms with Gasteiger partial charge in [0.25, 0.3) is 5.91 Å². The summed E-state index contributed by atoms with van der Waals surface area (Å²) in [5.74, 6) is 2.34. The molecule has 0 unspecified atom stereocenters. The van der Waals surface area contributed by atoms with Gasteiger partial charge in [0.05, 0.1) is 12.6 Å². The fourth-order valence-electron chi connectivity index (χ4n) is 5.19. The Balaban J connectivity index is 1.50. The minimum atomic E-state index is -0.680. The van der Waals surface area contributed by atoms with Crippen LogP contribution in [0.15, 0.2) is 48.5 Å². The summed E-state index contributed by atoms with van der Waals surface area (Å²) >= 11 is 1.62. The first-order valence-corrected chi connectivity index (χ1v) is 16.0. The third kappa shape index (κ3) is 7.30. The van der Waals surface area contributed by atoms with E-state index in [4.69, 9.17) is 19.6 Å². The lowest BCUT2D eigenvalue weighted by molar-refractivity contribution is -0.129. The zero-order chi connectivity index (χ0) is 30.3. The van der Waals surface area contributed by atoms with Gasteiger partial charge < -0.3 is 25.0 Å². The number of carbonyl (C=O) groups is 3. The molecule has 0 fully saturated rings. The van der Waals surface area contributed by atoms with Gasteiger partial charge in [-0.1, -0.05) is 44.2 Å². The van der Waals surface area contributed by atoms with E-state index in [1.807, 2.05) is 50.4 Å². The number of hydrogen-bond acceptors (Lipinski definition) is 8. The molecule has 2 aliphatic rings. The third-order valence-electron chi connectivity index (χ3n) is 7.56. The summed E-state index contributed by atoms with van der Waals surface area (Å²) in [7, 11) is 0. The molecular formula is C31H38N6O5S. The molecule has 0 bridgehead atoms. The van der Waals surface area contributed by atoms with Crippen molar-refractivity contribution in [2.45, 2.75) is 51.7 Å². The van der Waals surface area contributed by atoms with Gasteiger partial charge in [0.1, 0.15) is 6.04 Å². The molecule has 3 aromatic rings. The number of benzene rings is 2. The van der Waals surface area contributed by atoms with E-state index in [0.717, 1.165) is 11.3 Å². The van der Waals surface area contributed by atoms with Crippen LogP contribution in [0.4, 0.5) is 0 Å². The van der Waals surface area contributed by atoms with Gasteiger partial charge in [0, 0.05) is 30.6 Å². The summed E-state index contributed by atoms with van der Waals surface area (Å²) in [6.07, 6.45) is 3.10. The van der Waals surface area contributed by atoms with Gasteiger partial charge in [-0.2, -0.15) is 16.9 Å². The second-order valence-electron chi connectivity index (χ2n) is 11.0. The van der Waals surface area contributed by atoms with Crippen LogP contribution < -0.4 is 20.1 Å². The lowest BCUT2D eigenvalue weighted by Gasteiger charge is -2.28. The van der Waals surface area contributed by atoms with E-state index in [1.165, 1.54) is 0 Å². The monoisotopic (exact) mass is 606 g/mol. The number of rotatable bonds is 6. The molecule has 0 saturated heterocycles. The van der Waals surface area contributed by atoms with Crippen LogP contribution in [-0.4, -0.2) is 75.3 Å². The summed E-state index contributed by atoms with van der Waals surface area (Å²) in [6, 6.07) is 13.7. The largest absolute Gasteiger partial charge is 0.454 e. The highest BCUT2D eigenvalue weighted by Crippen LogP contribution is 2.33. The Hall–Kier alpha value is -4.06. The van der Waals surface area contributed by atoms with E-state index in [9.17, 15) is 14.4 Å². The lowest BCUT2D eigenvalue weighted by atomic mass is 10.0. The number of amides is 3. The van der Waals surface area contributed by atoms with Crippen molar-refractivity contribution in [2.75, 3.05) is 31.9 Å². The SMILES string of the molecule is CSCC[C@@H]1NC(=O)CCCN(C(=O)c2ccc3c(c2)OCO3)CCn2nc(-c3ccccc3)nc2[C@@H](C(C)C)NC1=O. The molecular weight excluding hydrogens is 568 g/mol. The fourth-order valence-corrected chi connectivity index (χ4v) is 5.66. The van der Waals surface area contributed by atoms with Crippen LogP contribution >= 0.6 is 11.8 Å². The zero-order valence-corrected chi connectivity index (χ0v) is 25.6. The Labute approximate surface area is 255 Å². The number of carbonyl (C=O) groups excluding carboxylic acids is 3. The molecule has 2 atom stereocenters. The van der Waals surface area contributed by atoms with Crippen LogP contribution in [0.3, 0.4) is 0 Å². The molecule has 3 amide bonds. The minimum Gasteiger partial charge on any atom is -0.454 e. The molecule has 5 rings (SSSR count). The third-order valence-corrected chi connectivity index (χ3v) is 8.20. The number of thioether (sulfide) groups is 1. The van der Waals surface area contributed by atoms with Crippen molar-refractivity contribution in [3.05, 3.63) is 59.9 Å². The second kappa shape index (κ2) is 13.9. The zero-order valence-electron chi connectivity index (χ0n) is 24.7. The average molecular weight is 607 g/mol. The number of aromatic nitrogens is 3. The van der Waals surface area contributed by atoms with Crippen molar-refractivity contribution < 1.29 is 23.9 Å². The number of nitrogens with zero attached hydrogens (tertiary/aromatic N) is 4. The Morgan fingerprint density at radius 3 is 2.60 bits per heavy atom. The van der Waals surface area contributed by atoms with Crippen LogP contribution in [0.2, 0.25) is 0 Å². The maximum Gasteiger partial charge on any atom is 0.254 e. The van der Waals surface area contributed by atoms with Crippen molar-refractivity contribution in [1.29, 1.82) is 0 Å². The Kier molecular flexibility index (Phi) is 9.86. The van der Waals surface area contributed by atoms with Crippen molar-refractivity contribution in [2.24, 2.45) is 5.92 Å². The molecule has 0 aliphatic carbocycles. The molecule has 0 radical (unpaired) electrons. The van der Waals surface area contributed by atoms with Crippen molar-refractivity contribution in [3.63, 3.8) is 0 Å². The molecule has 0 saturated carbocycles. The van der Waals surface area contributed by atoms with Gasteiger partial charge in [-0.05, 0) is 49.0 Å². The molecule has 11 nitrogen and oxygen atoms in total. The van der Waals surface area contributed by atoms with Gasteiger partial charge in [-0.15, -0.1) is 0 Å². The molecule has 43 heavy (non-hydrogen) atoms. The van der Waals surface area contributed by atoms with E-state index in [-0.39, 0.29) is 36.9 Å². The van der Waals surface area contributed by atoms with E-state index < -0.39 is 12.1 Å². The van der Waals surface area contributed by atoms with Gasteiger partial charge >= 0.3 is 0 Å². The molecule has 3 heterocycles. The smallest absolute Gasteiger partial charge is 0.254 e. The van der Waals surface area contributed by atoms with Crippen LogP contribution in [0.5, 0.6) is 11.5 Å².